The van der Waals surface area contributed by atoms with Gasteiger partial charge in [-0.25, -0.2) is 0 Å². The predicted octanol–water partition coefficient (Wildman–Crippen LogP) is 2.10. The normalized spacial score (nSPS) is 27.9. The van der Waals surface area contributed by atoms with Gasteiger partial charge < -0.3 is 9.47 Å². The van der Waals surface area contributed by atoms with Gasteiger partial charge in [0.15, 0.2) is 0 Å². The first kappa shape index (κ1) is 13.7. The van der Waals surface area contributed by atoms with Crippen LogP contribution in [0.3, 0.4) is 0 Å². The molecule has 1 aliphatic carbocycles. The van der Waals surface area contributed by atoms with Crippen LogP contribution >= 0.6 is 0 Å². The molecule has 0 aromatic carbocycles. The molecule has 4 nitrogen and oxygen atoms in total. The van der Waals surface area contributed by atoms with Gasteiger partial charge in [0.05, 0.1) is 12.2 Å². The minimum atomic E-state index is 0.0799. The summed E-state index contributed by atoms with van der Waals surface area (Å²) in [6, 6.07) is 4.19. The van der Waals surface area contributed by atoms with E-state index in [9.17, 15) is 0 Å². The fourth-order valence-corrected chi connectivity index (χ4v) is 3.60. The van der Waals surface area contributed by atoms with Crippen molar-refractivity contribution in [2.75, 3.05) is 32.9 Å². The lowest BCUT2D eigenvalue weighted by Gasteiger charge is -2.50. The van der Waals surface area contributed by atoms with Gasteiger partial charge in [0.2, 0.25) is 0 Å². The van der Waals surface area contributed by atoms with E-state index in [1.807, 2.05) is 12.4 Å². The molecule has 0 N–H and O–H groups in total. The van der Waals surface area contributed by atoms with Gasteiger partial charge in [0.25, 0.3) is 0 Å². The van der Waals surface area contributed by atoms with Crippen molar-refractivity contribution < 1.29 is 9.47 Å². The van der Waals surface area contributed by atoms with Crippen LogP contribution in [0.4, 0.5) is 0 Å². The molecule has 0 amide bonds. The molecule has 3 aliphatic rings. The second kappa shape index (κ2) is 5.67. The lowest BCUT2D eigenvalue weighted by atomic mass is 9.81. The zero-order valence-corrected chi connectivity index (χ0v) is 12.5. The number of likely N-dealkylation sites (tertiary alicyclic amines) is 1. The number of aromatic nitrogens is 1. The lowest BCUT2D eigenvalue weighted by Crippen LogP contribution is -2.64. The molecule has 3 heterocycles. The largest absolute Gasteiger partial charge is 0.381 e. The number of ether oxygens (including phenoxy) is 2. The van der Waals surface area contributed by atoms with Gasteiger partial charge in [-0.1, -0.05) is 0 Å². The van der Waals surface area contributed by atoms with Crippen molar-refractivity contribution in [1.82, 2.24) is 9.88 Å². The molecule has 2 aliphatic heterocycles. The third-order valence-corrected chi connectivity index (χ3v) is 5.11. The molecule has 1 saturated carbocycles. The molecule has 0 radical (unpaired) electrons. The summed E-state index contributed by atoms with van der Waals surface area (Å²) in [5.74, 6) is 1.44. The summed E-state index contributed by atoms with van der Waals surface area (Å²) in [6.07, 6.45) is 7.63. The van der Waals surface area contributed by atoms with Crippen LogP contribution in [0.5, 0.6) is 0 Å². The summed E-state index contributed by atoms with van der Waals surface area (Å²) in [5.41, 5.74) is 1.41. The van der Waals surface area contributed by atoms with E-state index in [0.29, 0.717) is 5.92 Å². The van der Waals surface area contributed by atoms with Gasteiger partial charge in [0, 0.05) is 51.2 Å². The minimum absolute atomic E-state index is 0.0799. The van der Waals surface area contributed by atoms with Gasteiger partial charge in [-0.2, -0.15) is 0 Å². The Bertz CT molecular complexity index is 469. The topological polar surface area (TPSA) is 34.6 Å². The van der Waals surface area contributed by atoms with Crippen molar-refractivity contribution in [2.45, 2.75) is 31.4 Å². The Morgan fingerprint density at radius 3 is 2.76 bits per heavy atom. The molecular formula is C17H24N2O2. The highest BCUT2D eigenvalue weighted by atomic mass is 16.5. The van der Waals surface area contributed by atoms with E-state index in [-0.39, 0.29) is 5.60 Å². The zero-order valence-electron chi connectivity index (χ0n) is 12.5. The summed E-state index contributed by atoms with van der Waals surface area (Å²) in [7, 11) is 0. The second-order valence-corrected chi connectivity index (χ2v) is 6.88. The molecule has 1 aromatic rings. The molecule has 1 unspecified atom stereocenters. The van der Waals surface area contributed by atoms with Crippen molar-refractivity contribution >= 4 is 0 Å². The summed E-state index contributed by atoms with van der Waals surface area (Å²) < 4.78 is 12.0. The van der Waals surface area contributed by atoms with Crippen LogP contribution in [-0.2, 0) is 16.0 Å². The quantitative estimate of drug-likeness (QED) is 0.803. The molecule has 114 valence electrons. The SMILES string of the molecule is c1cc(CN2CC3(C2)OCCC3COCC2CC2)ccn1. The van der Waals surface area contributed by atoms with Gasteiger partial charge in [-0.05, 0) is 42.9 Å². The average molecular weight is 288 g/mol. The summed E-state index contributed by atoms with van der Waals surface area (Å²) in [6.45, 7) is 5.86. The third kappa shape index (κ3) is 2.98. The van der Waals surface area contributed by atoms with Crippen LogP contribution in [0.1, 0.15) is 24.8 Å². The van der Waals surface area contributed by atoms with Crippen LogP contribution in [0.15, 0.2) is 24.5 Å². The van der Waals surface area contributed by atoms with E-state index in [0.717, 1.165) is 51.8 Å². The summed E-state index contributed by atoms with van der Waals surface area (Å²) >= 11 is 0. The fourth-order valence-electron chi connectivity index (χ4n) is 3.60. The van der Waals surface area contributed by atoms with Crippen LogP contribution in [0.2, 0.25) is 0 Å². The molecule has 2 saturated heterocycles. The number of hydrogen-bond acceptors (Lipinski definition) is 4. The van der Waals surface area contributed by atoms with E-state index in [1.165, 1.54) is 18.4 Å². The Hall–Kier alpha value is -0.970. The first-order valence-electron chi connectivity index (χ1n) is 8.17. The number of rotatable bonds is 6. The maximum Gasteiger partial charge on any atom is 0.0985 e. The Morgan fingerprint density at radius 1 is 1.19 bits per heavy atom. The molecule has 1 aromatic heterocycles. The molecule has 21 heavy (non-hydrogen) atoms. The van der Waals surface area contributed by atoms with Crippen LogP contribution in [0.25, 0.3) is 0 Å². The van der Waals surface area contributed by atoms with E-state index in [4.69, 9.17) is 9.47 Å². The van der Waals surface area contributed by atoms with Crippen molar-refractivity contribution in [3.05, 3.63) is 30.1 Å². The molecule has 4 heteroatoms. The minimum Gasteiger partial charge on any atom is -0.381 e. The van der Waals surface area contributed by atoms with E-state index in [2.05, 4.69) is 22.0 Å². The molecule has 3 fully saturated rings. The lowest BCUT2D eigenvalue weighted by molar-refractivity contribution is -0.146. The van der Waals surface area contributed by atoms with E-state index in [1.54, 1.807) is 0 Å². The highest BCUT2D eigenvalue weighted by Gasteiger charge is 2.52. The zero-order chi connectivity index (χ0) is 14.1. The van der Waals surface area contributed by atoms with Gasteiger partial charge in [0.1, 0.15) is 0 Å². The van der Waals surface area contributed by atoms with E-state index < -0.39 is 0 Å². The summed E-state index contributed by atoms with van der Waals surface area (Å²) in [5, 5.41) is 0. The van der Waals surface area contributed by atoms with Gasteiger partial charge >= 0.3 is 0 Å². The van der Waals surface area contributed by atoms with Crippen molar-refractivity contribution in [2.24, 2.45) is 11.8 Å². The van der Waals surface area contributed by atoms with E-state index >= 15 is 0 Å². The first-order valence-corrected chi connectivity index (χ1v) is 8.17. The molecule has 1 atom stereocenters. The van der Waals surface area contributed by atoms with Gasteiger partial charge in [-0.15, -0.1) is 0 Å². The standard InChI is InChI=1S/C17H24N2O2/c1-2-15(1)10-20-11-16-5-8-21-17(16)12-19(13-17)9-14-3-6-18-7-4-14/h3-4,6-7,15-16H,1-2,5,8-13H2. The molecule has 1 spiro atoms. The Balaban J connectivity index is 1.27. The smallest absolute Gasteiger partial charge is 0.0985 e. The maximum atomic E-state index is 6.10. The molecular weight excluding hydrogens is 264 g/mol. The van der Waals surface area contributed by atoms with Crippen LogP contribution < -0.4 is 0 Å². The number of nitrogens with zero attached hydrogens (tertiary/aromatic N) is 2. The Kier molecular flexibility index (Phi) is 3.69. The van der Waals surface area contributed by atoms with Crippen LogP contribution in [0, 0.1) is 11.8 Å². The van der Waals surface area contributed by atoms with Crippen molar-refractivity contribution in [3.8, 4) is 0 Å². The maximum absolute atomic E-state index is 6.10. The predicted molar refractivity (Wildman–Crippen MR) is 79.8 cm³/mol. The monoisotopic (exact) mass is 288 g/mol. The third-order valence-electron chi connectivity index (χ3n) is 5.11. The number of pyridine rings is 1. The second-order valence-electron chi connectivity index (χ2n) is 6.88. The van der Waals surface area contributed by atoms with Crippen molar-refractivity contribution in [1.29, 1.82) is 0 Å². The molecule has 0 bridgehead atoms. The highest BCUT2D eigenvalue weighted by Crippen LogP contribution is 2.41. The van der Waals surface area contributed by atoms with Crippen LogP contribution in [-0.4, -0.2) is 48.4 Å². The number of hydrogen-bond donors (Lipinski definition) is 0. The molecule has 4 rings (SSSR count). The summed E-state index contributed by atoms with van der Waals surface area (Å²) in [4.78, 5) is 6.54. The highest BCUT2D eigenvalue weighted by molar-refractivity contribution is 5.13. The van der Waals surface area contributed by atoms with Gasteiger partial charge in [-0.3, -0.25) is 9.88 Å². The Labute approximate surface area is 126 Å². The first-order chi connectivity index (χ1) is 10.3. The average Bonchev–Trinajstić information content (AvgIpc) is 3.19. The Morgan fingerprint density at radius 2 is 2.00 bits per heavy atom. The fraction of sp³-hybridized carbons (Fsp3) is 0.706. The van der Waals surface area contributed by atoms with Crippen molar-refractivity contribution in [3.63, 3.8) is 0 Å².